The number of carbonyl (C=O) groups is 1. The number of fused-ring (bicyclic) bond motifs is 3. The largest absolute Gasteiger partial charge is 0.465 e. The number of rotatable bonds is 0. The quantitative estimate of drug-likeness (QED) is 0.774. The number of amides is 1. The van der Waals surface area contributed by atoms with Gasteiger partial charge >= 0.3 is 6.09 Å². The van der Waals surface area contributed by atoms with Crippen molar-refractivity contribution in [2.45, 2.75) is 18.4 Å². The molecule has 0 saturated carbocycles. The fourth-order valence-corrected chi connectivity index (χ4v) is 3.16. The van der Waals surface area contributed by atoms with Crippen LogP contribution in [0, 0.1) is 0 Å². The molecular formula is C12H13BrN2O2. The van der Waals surface area contributed by atoms with Crippen LogP contribution >= 0.6 is 15.9 Å². The summed E-state index contributed by atoms with van der Waals surface area (Å²) >= 11 is 3.47. The maximum atomic E-state index is 11.0. The Bertz CT molecular complexity index is 478. The zero-order valence-corrected chi connectivity index (χ0v) is 10.8. The third-order valence-electron chi connectivity index (χ3n) is 3.64. The molecule has 0 spiro atoms. The van der Waals surface area contributed by atoms with Crippen molar-refractivity contribution in [2.75, 3.05) is 18.4 Å². The number of piperidine rings is 1. The number of anilines is 1. The van der Waals surface area contributed by atoms with E-state index in [4.69, 9.17) is 5.11 Å². The second-order valence-electron chi connectivity index (χ2n) is 4.61. The van der Waals surface area contributed by atoms with E-state index in [1.54, 1.807) is 0 Å². The molecular weight excluding hydrogens is 284 g/mol. The smallest absolute Gasteiger partial charge is 0.407 e. The molecule has 0 aliphatic carbocycles. The Morgan fingerprint density at radius 3 is 3.12 bits per heavy atom. The molecule has 2 N–H and O–H groups in total. The Balaban J connectivity index is 1.92. The molecule has 1 fully saturated rings. The number of hydrogen-bond acceptors (Lipinski definition) is 2. The zero-order chi connectivity index (χ0) is 12.0. The minimum atomic E-state index is -0.813. The van der Waals surface area contributed by atoms with Gasteiger partial charge in [-0.3, -0.25) is 0 Å². The molecule has 2 aliphatic rings. The summed E-state index contributed by atoms with van der Waals surface area (Å²) in [6.07, 6.45) is 0.0652. The Hall–Kier alpha value is -1.23. The summed E-state index contributed by atoms with van der Waals surface area (Å²) in [4.78, 5) is 12.5. The van der Waals surface area contributed by atoms with Crippen molar-refractivity contribution in [3.63, 3.8) is 0 Å². The Morgan fingerprint density at radius 1 is 1.53 bits per heavy atom. The molecule has 1 aromatic carbocycles. The minimum Gasteiger partial charge on any atom is -0.465 e. The van der Waals surface area contributed by atoms with Crippen molar-refractivity contribution in [2.24, 2.45) is 0 Å². The van der Waals surface area contributed by atoms with Crippen molar-refractivity contribution in [1.82, 2.24) is 4.90 Å². The van der Waals surface area contributed by atoms with Crippen LogP contribution in [0.1, 0.15) is 17.9 Å². The number of benzene rings is 1. The molecule has 0 radical (unpaired) electrons. The SMILES string of the molecule is O=C(O)N1CCC2Nc3ccc(Br)cc3C2C1. The molecule has 90 valence electrons. The highest BCUT2D eigenvalue weighted by molar-refractivity contribution is 9.10. The summed E-state index contributed by atoms with van der Waals surface area (Å²) in [7, 11) is 0. The molecule has 17 heavy (non-hydrogen) atoms. The molecule has 2 aliphatic heterocycles. The van der Waals surface area contributed by atoms with Gasteiger partial charge < -0.3 is 15.3 Å². The van der Waals surface area contributed by atoms with E-state index in [0.717, 1.165) is 16.6 Å². The summed E-state index contributed by atoms with van der Waals surface area (Å²) in [5.74, 6) is 0.285. The van der Waals surface area contributed by atoms with Gasteiger partial charge in [-0.1, -0.05) is 15.9 Å². The highest BCUT2D eigenvalue weighted by Gasteiger charge is 2.38. The summed E-state index contributed by atoms with van der Waals surface area (Å²) < 4.78 is 1.05. The van der Waals surface area contributed by atoms with Crippen LogP contribution in [0.5, 0.6) is 0 Å². The first-order valence-electron chi connectivity index (χ1n) is 5.69. The molecule has 4 nitrogen and oxygen atoms in total. The van der Waals surface area contributed by atoms with Gasteiger partial charge in [0.25, 0.3) is 0 Å². The molecule has 1 amide bonds. The average Bonchev–Trinajstić information content (AvgIpc) is 2.66. The van der Waals surface area contributed by atoms with Crippen molar-refractivity contribution < 1.29 is 9.90 Å². The van der Waals surface area contributed by atoms with E-state index in [9.17, 15) is 4.79 Å². The molecule has 1 aromatic rings. The van der Waals surface area contributed by atoms with Gasteiger partial charge in [0.2, 0.25) is 0 Å². The normalized spacial score (nSPS) is 26.1. The molecule has 1 saturated heterocycles. The lowest BCUT2D eigenvalue weighted by Crippen LogP contribution is -2.44. The topological polar surface area (TPSA) is 52.6 Å². The third-order valence-corrected chi connectivity index (χ3v) is 4.13. The van der Waals surface area contributed by atoms with Gasteiger partial charge in [-0.15, -0.1) is 0 Å². The predicted octanol–water partition coefficient (Wildman–Crippen LogP) is 2.71. The van der Waals surface area contributed by atoms with E-state index in [1.807, 2.05) is 6.07 Å². The average molecular weight is 297 g/mol. The van der Waals surface area contributed by atoms with E-state index in [0.29, 0.717) is 19.1 Å². The van der Waals surface area contributed by atoms with Crippen LogP contribution in [-0.4, -0.2) is 35.2 Å². The van der Waals surface area contributed by atoms with Gasteiger partial charge in [0.05, 0.1) is 0 Å². The Morgan fingerprint density at radius 2 is 2.35 bits per heavy atom. The lowest BCUT2D eigenvalue weighted by atomic mass is 9.89. The molecule has 0 aromatic heterocycles. The second kappa shape index (κ2) is 3.91. The van der Waals surface area contributed by atoms with Gasteiger partial charge in [0, 0.05) is 35.2 Å². The number of carboxylic acid groups (broad SMARTS) is 1. The van der Waals surface area contributed by atoms with E-state index in [-0.39, 0.29) is 5.92 Å². The number of nitrogens with one attached hydrogen (secondary N) is 1. The Kier molecular flexibility index (Phi) is 2.50. The fourth-order valence-electron chi connectivity index (χ4n) is 2.79. The highest BCUT2D eigenvalue weighted by atomic mass is 79.9. The standard InChI is InChI=1S/C12H13BrN2O2/c13-7-1-2-10-8(5-7)9-6-15(12(16)17)4-3-11(9)14-10/h1-2,5,9,11,14H,3-4,6H2,(H,16,17). The maximum Gasteiger partial charge on any atom is 0.407 e. The number of nitrogens with zero attached hydrogens (tertiary/aromatic N) is 1. The van der Waals surface area contributed by atoms with Crippen molar-refractivity contribution in [3.05, 3.63) is 28.2 Å². The summed E-state index contributed by atoms with van der Waals surface area (Å²) in [5.41, 5.74) is 2.38. The van der Waals surface area contributed by atoms with Gasteiger partial charge in [-0.2, -0.15) is 0 Å². The van der Waals surface area contributed by atoms with Crippen molar-refractivity contribution >= 4 is 27.7 Å². The van der Waals surface area contributed by atoms with Crippen LogP contribution in [0.2, 0.25) is 0 Å². The number of likely N-dealkylation sites (tertiary alicyclic amines) is 1. The fraction of sp³-hybridized carbons (Fsp3) is 0.417. The van der Waals surface area contributed by atoms with Crippen LogP contribution < -0.4 is 5.32 Å². The molecule has 3 rings (SSSR count). The van der Waals surface area contributed by atoms with E-state index < -0.39 is 6.09 Å². The van der Waals surface area contributed by atoms with Crippen molar-refractivity contribution in [1.29, 1.82) is 0 Å². The molecule has 2 unspecified atom stereocenters. The molecule has 5 heteroatoms. The summed E-state index contributed by atoms with van der Waals surface area (Å²) in [6.45, 7) is 1.22. The van der Waals surface area contributed by atoms with Gasteiger partial charge in [0.1, 0.15) is 0 Å². The third kappa shape index (κ3) is 1.78. The van der Waals surface area contributed by atoms with Gasteiger partial charge in [-0.25, -0.2) is 4.79 Å². The van der Waals surface area contributed by atoms with Crippen molar-refractivity contribution in [3.8, 4) is 0 Å². The van der Waals surface area contributed by atoms with Crippen LogP contribution in [0.25, 0.3) is 0 Å². The van der Waals surface area contributed by atoms with Gasteiger partial charge in [-0.05, 0) is 30.2 Å². The van der Waals surface area contributed by atoms with Crippen LogP contribution in [0.3, 0.4) is 0 Å². The Labute approximate surface area is 108 Å². The first-order chi connectivity index (χ1) is 8.15. The van der Waals surface area contributed by atoms with Crippen LogP contribution in [-0.2, 0) is 0 Å². The zero-order valence-electron chi connectivity index (χ0n) is 9.19. The second-order valence-corrected chi connectivity index (χ2v) is 5.52. The first kappa shape index (κ1) is 10.9. The number of hydrogen-bond donors (Lipinski definition) is 2. The highest BCUT2D eigenvalue weighted by Crippen LogP contribution is 2.41. The number of halogens is 1. The van der Waals surface area contributed by atoms with E-state index >= 15 is 0 Å². The van der Waals surface area contributed by atoms with Gasteiger partial charge in [0.15, 0.2) is 0 Å². The summed E-state index contributed by atoms with van der Waals surface area (Å²) in [5, 5.41) is 12.5. The minimum absolute atomic E-state index is 0.285. The van der Waals surface area contributed by atoms with Crippen LogP contribution in [0.4, 0.5) is 10.5 Å². The lowest BCUT2D eigenvalue weighted by molar-refractivity contribution is 0.129. The van der Waals surface area contributed by atoms with E-state index in [2.05, 4.69) is 33.4 Å². The molecule has 0 bridgehead atoms. The van der Waals surface area contributed by atoms with E-state index in [1.165, 1.54) is 10.5 Å². The monoisotopic (exact) mass is 296 g/mol. The first-order valence-corrected chi connectivity index (χ1v) is 6.48. The lowest BCUT2D eigenvalue weighted by Gasteiger charge is -2.33. The molecule has 2 heterocycles. The summed E-state index contributed by atoms with van der Waals surface area (Å²) in [6, 6.07) is 6.55. The predicted molar refractivity (Wildman–Crippen MR) is 68.5 cm³/mol. The van der Waals surface area contributed by atoms with Crippen LogP contribution in [0.15, 0.2) is 22.7 Å². The maximum absolute atomic E-state index is 11.0. The molecule has 2 atom stereocenters.